The number of halogens is 3. The molecule has 1 aromatic heterocycles. The highest BCUT2D eigenvalue weighted by Crippen LogP contribution is 2.39. The van der Waals surface area contributed by atoms with E-state index in [0.29, 0.717) is 12.8 Å². The van der Waals surface area contributed by atoms with Crippen LogP contribution in [0.1, 0.15) is 24.6 Å². The van der Waals surface area contributed by atoms with Crippen molar-refractivity contribution in [1.29, 1.82) is 0 Å². The molecule has 6 heteroatoms. The molecule has 0 radical (unpaired) electrons. The first-order chi connectivity index (χ1) is 6.89. The molecule has 15 heavy (non-hydrogen) atoms. The second-order valence-corrected chi connectivity index (χ2v) is 3.61. The van der Waals surface area contributed by atoms with Crippen LogP contribution in [0.3, 0.4) is 0 Å². The van der Waals surface area contributed by atoms with Crippen LogP contribution in [0.4, 0.5) is 18.9 Å². The van der Waals surface area contributed by atoms with Gasteiger partial charge in [-0.25, -0.2) is 0 Å². The van der Waals surface area contributed by atoms with Crippen molar-refractivity contribution in [1.82, 2.24) is 4.57 Å². The molecule has 1 aromatic rings. The Morgan fingerprint density at radius 1 is 1.33 bits per heavy atom. The van der Waals surface area contributed by atoms with Crippen LogP contribution in [-0.4, -0.2) is 4.57 Å². The van der Waals surface area contributed by atoms with Crippen molar-refractivity contribution in [3.8, 4) is 0 Å². The summed E-state index contributed by atoms with van der Waals surface area (Å²) >= 11 is 0. The van der Waals surface area contributed by atoms with Crippen molar-refractivity contribution >= 4 is 5.69 Å². The smallest absolute Gasteiger partial charge is 0.399 e. The maximum Gasteiger partial charge on any atom is 0.431 e. The Morgan fingerprint density at radius 2 is 1.93 bits per heavy atom. The fourth-order valence-electron chi connectivity index (χ4n) is 1.53. The van der Waals surface area contributed by atoms with Crippen molar-refractivity contribution in [3.05, 3.63) is 28.2 Å². The highest BCUT2D eigenvalue weighted by atomic mass is 19.4. The van der Waals surface area contributed by atoms with Gasteiger partial charge in [0.25, 0.3) is 5.56 Å². The second-order valence-electron chi connectivity index (χ2n) is 3.61. The SMILES string of the molecule is Nc1cc(C(F)(F)F)n(C2CC2)c(=O)c1. The largest absolute Gasteiger partial charge is 0.431 e. The summed E-state index contributed by atoms with van der Waals surface area (Å²) in [6.07, 6.45) is -3.29. The minimum Gasteiger partial charge on any atom is -0.399 e. The van der Waals surface area contributed by atoms with Gasteiger partial charge >= 0.3 is 6.18 Å². The van der Waals surface area contributed by atoms with Crippen molar-refractivity contribution in [3.63, 3.8) is 0 Å². The maximum atomic E-state index is 12.6. The van der Waals surface area contributed by atoms with Gasteiger partial charge in [-0.3, -0.25) is 4.79 Å². The molecule has 0 unspecified atom stereocenters. The van der Waals surface area contributed by atoms with Crippen LogP contribution < -0.4 is 11.3 Å². The van der Waals surface area contributed by atoms with E-state index in [9.17, 15) is 18.0 Å². The molecule has 1 aliphatic rings. The minimum absolute atomic E-state index is 0.149. The van der Waals surface area contributed by atoms with E-state index in [1.54, 1.807) is 0 Å². The number of nitrogen functional groups attached to an aromatic ring is 1. The fraction of sp³-hybridized carbons (Fsp3) is 0.444. The summed E-state index contributed by atoms with van der Waals surface area (Å²) in [6.45, 7) is 0. The van der Waals surface area contributed by atoms with Crippen LogP contribution in [0, 0.1) is 0 Å². The molecule has 1 heterocycles. The number of hydrogen-bond donors (Lipinski definition) is 1. The second kappa shape index (κ2) is 3.01. The van der Waals surface area contributed by atoms with Crippen LogP contribution in [0.5, 0.6) is 0 Å². The third kappa shape index (κ3) is 1.84. The topological polar surface area (TPSA) is 48.0 Å². The first-order valence-corrected chi connectivity index (χ1v) is 4.49. The summed E-state index contributed by atoms with van der Waals surface area (Å²) < 4.78 is 38.5. The summed E-state index contributed by atoms with van der Waals surface area (Å²) in [4.78, 5) is 11.4. The monoisotopic (exact) mass is 218 g/mol. The number of nitrogens with zero attached hydrogens (tertiary/aromatic N) is 1. The summed E-state index contributed by atoms with van der Waals surface area (Å²) in [7, 11) is 0. The molecule has 0 bridgehead atoms. The lowest BCUT2D eigenvalue weighted by molar-refractivity contribution is -0.144. The summed E-state index contributed by atoms with van der Waals surface area (Å²) in [5.41, 5.74) is 3.46. The van der Waals surface area contributed by atoms with Gasteiger partial charge in [0.05, 0.1) is 0 Å². The molecule has 3 nitrogen and oxygen atoms in total. The zero-order chi connectivity index (χ0) is 11.2. The molecule has 0 saturated heterocycles. The molecule has 0 atom stereocenters. The molecule has 0 aromatic carbocycles. The Hall–Kier alpha value is -1.46. The van der Waals surface area contributed by atoms with Crippen LogP contribution in [0.2, 0.25) is 0 Å². The van der Waals surface area contributed by atoms with Gasteiger partial charge in [-0.05, 0) is 18.9 Å². The fourth-order valence-corrected chi connectivity index (χ4v) is 1.53. The van der Waals surface area contributed by atoms with E-state index in [4.69, 9.17) is 5.73 Å². The molecule has 1 saturated carbocycles. The van der Waals surface area contributed by atoms with E-state index in [0.717, 1.165) is 16.7 Å². The first-order valence-electron chi connectivity index (χ1n) is 4.49. The van der Waals surface area contributed by atoms with Gasteiger partial charge in [-0.1, -0.05) is 0 Å². The summed E-state index contributed by atoms with van der Waals surface area (Å²) in [5.74, 6) is 0. The van der Waals surface area contributed by atoms with Gasteiger partial charge in [0.2, 0.25) is 0 Å². The Morgan fingerprint density at radius 3 is 2.40 bits per heavy atom. The predicted octanol–water partition coefficient (Wildman–Crippen LogP) is 1.78. The Balaban J connectivity index is 2.64. The molecular weight excluding hydrogens is 209 g/mol. The highest BCUT2D eigenvalue weighted by molar-refractivity contribution is 5.39. The van der Waals surface area contributed by atoms with Crippen molar-refractivity contribution < 1.29 is 13.2 Å². The van der Waals surface area contributed by atoms with Crippen LogP contribution in [-0.2, 0) is 6.18 Å². The third-order valence-electron chi connectivity index (χ3n) is 2.29. The number of hydrogen-bond acceptors (Lipinski definition) is 2. The van der Waals surface area contributed by atoms with Crippen molar-refractivity contribution in [2.45, 2.75) is 25.1 Å². The molecule has 2 N–H and O–H groups in total. The number of pyridine rings is 1. The molecule has 1 aliphatic carbocycles. The standard InChI is InChI=1S/C9H9F3N2O/c10-9(11,12)7-3-5(13)4-8(15)14(7)6-1-2-6/h3-4,6H,1-2,13H2. The van der Waals surface area contributed by atoms with Crippen LogP contribution in [0.15, 0.2) is 16.9 Å². The number of anilines is 1. The Labute approximate surface area is 83.3 Å². The van der Waals surface area contributed by atoms with E-state index in [-0.39, 0.29) is 11.7 Å². The normalized spacial score (nSPS) is 16.7. The Kier molecular flexibility index (Phi) is 2.02. The highest BCUT2D eigenvalue weighted by Gasteiger charge is 2.39. The lowest BCUT2D eigenvalue weighted by Gasteiger charge is -2.14. The summed E-state index contributed by atoms with van der Waals surface area (Å²) in [6, 6.07) is 1.52. The van der Waals surface area contributed by atoms with Gasteiger partial charge in [0.1, 0.15) is 5.69 Å². The van der Waals surface area contributed by atoms with Gasteiger partial charge < -0.3 is 10.3 Å². The van der Waals surface area contributed by atoms with Gasteiger partial charge in [0, 0.05) is 17.8 Å². The lowest BCUT2D eigenvalue weighted by atomic mass is 10.3. The number of nitrogens with two attached hydrogens (primary N) is 1. The zero-order valence-corrected chi connectivity index (χ0v) is 7.71. The molecule has 1 fully saturated rings. The predicted molar refractivity (Wildman–Crippen MR) is 48.4 cm³/mol. The van der Waals surface area contributed by atoms with Gasteiger partial charge in [-0.15, -0.1) is 0 Å². The lowest BCUT2D eigenvalue weighted by Crippen LogP contribution is -2.27. The molecule has 0 amide bonds. The first kappa shape index (κ1) is 10.1. The molecule has 2 rings (SSSR count). The van der Waals surface area contributed by atoms with E-state index >= 15 is 0 Å². The third-order valence-corrected chi connectivity index (χ3v) is 2.29. The van der Waals surface area contributed by atoms with Crippen LogP contribution >= 0.6 is 0 Å². The zero-order valence-electron chi connectivity index (χ0n) is 7.71. The average Bonchev–Trinajstić information content (AvgIpc) is 2.84. The summed E-state index contributed by atoms with van der Waals surface area (Å²) in [5, 5.41) is 0. The minimum atomic E-state index is -4.53. The van der Waals surface area contributed by atoms with Crippen molar-refractivity contribution in [2.75, 3.05) is 5.73 Å². The molecular formula is C9H9F3N2O. The maximum absolute atomic E-state index is 12.6. The van der Waals surface area contributed by atoms with E-state index in [1.807, 2.05) is 0 Å². The van der Waals surface area contributed by atoms with Gasteiger partial charge in [0.15, 0.2) is 0 Å². The number of alkyl halides is 3. The quantitative estimate of drug-likeness (QED) is 0.781. The molecule has 0 spiro atoms. The molecule has 82 valence electrons. The van der Waals surface area contributed by atoms with Crippen molar-refractivity contribution in [2.24, 2.45) is 0 Å². The average molecular weight is 218 g/mol. The molecule has 0 aliphatic heterocycles. The van der Waals surface area contributed by atoms with E-state index < -0.39 is 17.4 Å². The Bertz CT molecular complexity index is 446. The van der Waals surface area contributed by atoms with E-state index in [1.165, 1.54) is 0 Å². The van der Waals surface area contributed by atoms with E-state index in [2.05, 4.69) is 0 Å². The van der Waals surface area contributed by atoms with Gasteiger partial charge in [-0.2, -0.15) is 13.2 Å². The number of aromatic nitrogens is 1. The van der Waals surface area contributed by atoms with Crippen LogP contribution in [0.25, 0.3) is 0 Å². The number of rotatable bonds is 1.